The average molecular weight is 179 g/mol. The lowest BCUT2D eigenvalue weighted by Crippen LogP contribution is -1.71. The molecule has 1 aromatic carbocycles. The van der Waals surface area contributed by atoms with Crippen LogP contribution in [0.4, 0.5) is 0 Å². The van der Waals surface area contributed by atoms with Gasteiger partial charge in [-0.25, -0.2) is 0 Å². The summed E-state index contributed by atoms with van der Waals surface area (Å²) < 4.78 is 4.86. The van der Waals surface area contributed by atoms with E-state index in [2.05, 4.69) is 5.16 Å². The molecule has 0 amide bonds. The van der Waals surface area contributed by atoms with E-state index in [4.69, 9.17) is 21.4 Å². The van der Waals surface area contributed by atoms with Crippen LogP contribution in [-0.4, -0.2) is 5.16 Å². The Labute approximate surface area is 73.1 Å². The molecular weight excluding hydrogens is 176 g/mol. The topological polar surface area (TPSA) is 49.8 Å². The standard InChI is InChI=1S/C8H3ClN2O/c9-5-1-2-6-7(4-10)11-12-8(6)3-5/h1-3H. The van der Waals surface area contributed by atoms with Gasteiger partial charge in [-0.15, -0.1) is 0 Å². The second-order valence-corrected chi connectivity index (χ2v) is 2.72. The molecule has 0 atom stereocenters. The van der Waals surface area contributed by atoms with Gasteiger partial charge in [-0.05, 0) is 12.1 Å². The van der Waals surface area contributed by atoms with Gasteiger partial charge >= 0.3 is 0 Å². The molecule has 1 heterocycles. The molecule has 2 aromatic rings. The number of hydrogen-bond donors (Lipinski definition) is 0. The summed E-state index contributed by atoms with van der Waals surface area (Å²) in [5.41, 5.74) is 0.834. The van der Waals surface area contributed by atoms with Gasteiger partial charge in [-0.3, -0.25) is 0 Å². The van der Waals surface area contributed by atoms with E-state index in [1.54, 1.807) is 18.2 Å². The third-order valence-corrected chi connectivity index (χ3v) is 1.78. The predicted molar refractivity (Wildman–Crippen MR) is 43.7 cm³/mol. The number of aromatic nitrogens is 1. The summed E-state index contributed by atoms with van der Waals surface area (Å²) in [4.78, 5) is 0. The third-order valence-electron chi connectivity index (χ3n) is 1.54. The Morgan fingerprint density at radius 1 is 1.50 bits per heavy atom. The van der Waals surface area contributed by atoms with Crippen LogP contribution < -0.4 is 0 Å². The van der Waals surface area contributed by atoms with Crippen LogP contribution in [-0.2, 0) is 0 Å². The van der Waals surface area contributed by atoms with Crippen LogP contribution in [0.3, 0.4) is 0 Å². The molecule has 12 heavy (non-hydrogen) atoms. The van der Waals surface area contributed by atoms with Gasteiger partial charge in [0.15, 0.2) is 11.3 Å². The second-order valence-electron chi connectivity index (χ2n) is 2.28. The smallest absolute Gasteiger partial charge is 0.191 e. The van der Waals surface area contributed by atoms with Crippen molar-refractivity contribution < 1.29 is 4.52 Å². The van der Waals surface area contributed by atoms with Crippen LogP contribution in [0.1, 0.15) is 5.69 Å². The van der Waals surface area contributed by atoms with E-state index in [-0.39, 0.29) is 0 Å². The van der Waals surface area contributed by atoms with Gasteiger partial charge in [-0.2, -0.15) is 5.26 Å². The van der Waals surface area contributed by atoms with Crippen LogP contribution in [0.5, 0.6) is 0 Å². The van der Waals surface area contributed by atoms with Crippen molar-refractivity contribution in [2.75, 3.05) is 0 Å². The number of fused-ring (bicyclic) bond motifs is 1. The SMILES string of the molecule is N#Cc1noc2cc(Cl)ccc12. The van der Waals surface area contributed by atoms with Gasteiger partial charge in [0.05, 0.1) is 5.39 Å². The summed E-state index contributed by atoms with van der Waals surface area (Å²) in [6.07, 6.45) is 0. The maximum absolute atomic E-state index is 8.59. The third kappa shape index (κ3) is 0.936. The Morgan fingerprint density at radius 3 is 3.08 bits per heavy atom. The highest BCUT2D eigenvalue weighted by molar-refractivity contribution is 6.31. The van der Waals surface area contributed by atoms with Crippen molar-refractivity contribution in [2.24, 2.45) is 0 Å². The largest absolute Gasteiger partial charge is 0.355 e. The van der Waals surface area contributed by atoms with E-state index < -0.39 is 0 Å². The minimum absolute atomic E-state index is 0.293. The molecule has 3 nitrogen and oxygen atoms in total. The monoisotopic (exact) mass is 178 g/mol. The summed E-state index contributed by atoms with van der Waals surface area (Å²) in [6.45, 7) is 0. The van der Waals surface area contributed by atoms with E-state index in [1.165, 1.54) is 0 Å². The molecule has 0 fully saturated rings. The van der Waals surface area contributed by atoms with Crippen LogP contribution >= 0.6 is 11.6 Å². The Bertz CT molecular complexity index is 469. The number of nitrogens with zero attached hydrogens (tertiary/aromatic N) is 2. The van der Waals surface area contributed by atoms with Crippen LogP contribution in [0.15, 0.2) is 22.7 Å². The fourth-order valence-electron chi connectivity index (χ4n) is 0.992. The molecule has 1 aromatic heterocycles. The van der Waals surface area contributed by atoms with Crippen LogP contribution in [0.25, 0.3) is 11.0 Å². The molecule has 0 aliphatic rings. The minimum Gasteiger partial charge on any atom is -0.355 e. The molecule has 0 aliphatic heterocycles. The molecule has 0 N–H and O–H groups in total. The molecule has 58 valence electrons. The average Bonchev–Trinajstić information content (AvgIpc) is 2.46. The zero-order valence-corrected chi connectivity index (χ0v) is 6.67. The Hall–Kier alpha value is -1.53. The molecule has 0 radical (unpaired) electrons. The number of rotatable bonds is 0. The highest BCUT2D eigenvalue weighted by Crippen LogP contribution is 2.21. The summed E-state index contributed by atoms with van der Waals surface area (Å²) in [5, 5.41) is 13.4. The van der Waals surface area contributed by atoms with Crippen molar-refractivity contribution in [2.45, 2.75) is 0 Å². The first-order valence-corrected chi connectivity index (χ1v) is 3.64. The normalized spacial score (nSPS) is 10.0. The predicted octanol–water partition coefficient (Wildman–Crippen LogP) is 2.35. The first-order valence-electron chi connectivity index (χ1n) is 3.26. The molecule has 0 bridgehead atoms. The van der Waals surface area contributed by atoms with Gasteiger partial charge < -0.3 is 4.52 Å². The lowest BCUT2D eigenvalue weighted by Gasteiger charge is -1.86. The maximum atomic E-state index is 8.59. The summed E-state index contributed by atoms with van der Waals surface area (Å²) in [7, 11) is 0. The van der Waals surface area contributed by atoms with Crippen molar-refractivity contribution >= 4 is 22.6 Å². The first-order chi connectivity index (χ1) is 5.81. The van der Waals surface area contributed by atoms with E-state index >= 15 is 0 Å². The van der Waals surface area contributed by atoms with E-state index in [1.807, 2.05) is 6.07 Å². The Balaban J connectivity index is 2.84. The quantitative estimate of drug-likeness (QED) is 0.622. The lowest BCUT2D eigenvalue weighted by atomic mass is 10.2. The number of halogens is 1. The van der Waals surface area contributed by atoms with Crippen LogP contribution in [0.2, 0.25) is 5.02 Å². The summed E-state index contributed by atoms with van der Waals surface area (Å²) in [5.74, 6) is 0. The van der Waals surface area contributed by atoms with Crippen molar-refractivity contribution in [3.63, 3.8) is 0 Å². The van der Waals surface area contributed by atoms with Gasteiger partial charge in [-0.1, -0.05) is 16.8 Å². The highest BCUT2D eigenvalue weighted by atomic mass is 35.5. The fourth-order valence-corrected chi connectivity index (χ4v) is 1.15. The zero-order chi connectivity index (χ0) is 8.55. The van der Waals surface area contributed by atoms with Crippen LogP contribution in [0, 0.1) is 11.3 Å². The fraction of sp³-hybridized carbons (Fsp3) is 0. The van der Waals surface area contributed by atoms with Crippen molar-refractivity contribution in [3.05, 3.63) is 28.9 Å². The number of nitriles is 1. The minimum atomic E-state index is 0.293. The second kappa shape index (κ2) is 2.50. The molecule has 2 rings (SSSR count). The molecule has 0 aliphatic carbocycles. The number of hydrogen-bond acceptors (Lipinski definition) is 3. The summed E-state index contributed by atoms with van der Waals surface area (Å²) in [6, 6.07) is 6.96. The molecule has 0 saturated carbocycles. The molecule has 4 heteroatoms. The van der Waals surface area contributed by atoms with Gasteiger partial charge in [0.25, 0.3) is 0 Å². The first kappa shape index (κ1) is 7.14. The van der Waals surface area contributed by atoms with E-state index in [0.717, 1.165) is 0 Å². The Morgan fingerprint density at radius 2 is 2.33 bits per heavy atom. The maximum Gasteiger partial charge on any atom is 0.191 e. The molecule has 0 saturated heterocycles. The summed E-state index contributed by atoms with van der Waals surface area (Å²) >= 11 is 5.70. The lowest BCUT2D eigenvalue weighted by molar-refractivity contribution is 0.454. The molecule has 0 spiro atoms. The van der Waals surface area contributed by atoms with Gasteiger partial charge in [0.2, 0.25) is 0 Å². The van der Waals surface area contributed by atoms with Gasteiger partial charge in [0, 0.05) is 11.1 Å². The van der Waals surface area contributed by atoms with E-state index in [9.17, 15) is 0 Å². The molecular formula is C8H3ClN2O. The number of benzene rings is 1. The van der Waals surface area contributed by atoms with Crippen molar-refractivity contribution in [1.82, 2.24) is 5.16 Å². The Kier molecular flexibility index (Phi) is 1.49. The van der Waals surface area contributed by atoms with E-state index in [0.29, 0.717) is 21.7 Å². The molecule has 0 unspecified atom stereocenters. The van der Waals surface area contributed by atoms with Crippen molar-refractivity contribution in [3.8, 4) is 6.07 Å². The zero-order valence-electron chi connectivity index (χ0n) is 5.91. The van der Waals surface area contributed by atoms with Gasteiger partial charge in [0.1, 0.15) is 6.07 Å². The highest BCUT2D eigenvalue weighted by Gasteiger charge is 2.06. The van der Waals surface area contributed by atoms with Crippen molar-refractivity contribution in [1.29, 1.82) is 5.26 Å².